The largest absolute Gasteiger partial charge is 0.388 e. The Morgan fingerprint density at radius 3 is 2.54 bits per heavy atom. The molecule has 2 atom stereocenters. The number of hydrogen-bond acceptors (Lipinski definition) is 3. The molecular formula is C18H26N4O2. The molecule has 2 aromatic rings. The Labute approximate surface area is 142 Å². The number of urea groups is 1. The maximum absolute atomic E-state index is 12.1. The SMILES string of the molecule is CC(CC(O)c1ccccc1)NC(=O)Nc1cnn(C(C)(C)C)c1. The minimum atomic E-state index is -0.606. The van der Waals surface area contributed by atoms with Crippen LogP contribution in [-0.4, -0.2) is 27.0 Å². The first-order chi connectivity index (χ1) is 11.3. The lowest BCUT2D eigenvalue weighted by Gasteiger charge is -2.19. The molecule has 1 aromatic heterocycles. The van der Waals surface area contributed by atoms with Crippen LogP contribution < -0.4 is 10.6 Å². The standard InChI is InChI=1S/C18H26N4O2/c1-13(10-16(23)14-8-6-5-7-9-14)20-17(24)21-15-11-19-22(12-15)18(2,3)4/h5-9,11-13,16,23H,10H2,1-4H3,(H2,20,21,24). The molecule has 0 aliphatic rings. The van der Waals surface area contributed by atoms with Gasteiger partial charge in [-0.2, -0.15) is 5.10 Å². The van der Waals surface area contributed by atoms with Crippen LogP contribution >= 0.6 is 0 Å². The van der Waals surface area contributed by atoms with Crippen LogP contribution in [0.5, 0.6) is 0 Å². The molecule has 3 N–H and O–H groups in total. The van der Waals surface area contributed by atoms with Gasteiger partial charge in [0, 0.05) is 12.2 Å². The first-order valence-corrected chi connectivity index (χ1v) is 8.11. The van der Waals surface area contributed by atoms with Crippen LogP contribution in [0, 0.1) is 0 Å². The molecule has 0 aliphatic heterocycles. The molecule has 0 radical (unpaired) electrons. The van der Waals surface area contributed by atoms with Crippen LogP contribution in [0.4, 0.5) is 10.5 Å². The molecule has 2 amide bonds. The lowest BCUT2D eigenvalue weighted by atomic mass is 10.0. The number of rotatable bonds is 5. The van der Waals surface area contributed by atoms with Crippen molar-refractivity contribution in [3.8, 4) is 0 Å². The molecule has 130 valence electrons. The van der Waals surface area contributed by atoms with Gasteiger partial charge < -0.3 is 15.7 Å². The van der Waals surface area contributed by atoms with E-state index in [9.17, 15) is 9.90 Å². The lowest BCUT2D eigenvalue weighted by molar-refractivity contribution is 0.155. The van der Waals surface area contributed by atoms with Crippen molar-refractivity contribution in [1.82, 2.24) is 15.1 Å². The van der Waals surface area contributed by atoms with Crippen molar-refractivity contribution >= 4 is 11.7 Å². The Bertz CT molecular complexity index is 661. The Hall–Kier alpha value is -2.34. The molecule has 6 nitrogen and oxygen atoms in total. The zero-order valence-corrected chi connectivity index (χ0v) is 14.7. The van der Waals surface area contributed by atoms with E-state index < -0.39 is 6.10 Å². The Morgan fingerprint density at radius 1 is 1.29 bits per heavy atom. The van der Waals surface area contributed by atoms with Gasteiger partial charge >= 0.3 is 6.03 Å². The predicted octanol–water partition coefficient (Wildman–Crippen LogP) is 3.27. The van der Waals surface area contributed by atoms with Gasteiger partial charge in [-0.25, -0.2) is 4.79 Å². The second-order valence-corrected chi connectivity index (χ2v) is 7.01. The number of nitrogens with zero attached hydrogens (tertiary/aromatic N) is 2. The number of anilines is 1. The highest BCUT2D eigenvalue weighted by atomic mass is 16.3. The molecule has 6 heteroatoms. The molecule has 24 heavy (non-hydrogen) atoms. The van der Waals surface area contributed by atoms with Crippen LogP contribution in [0.1, 0.15) is 45.8 Å². The number of benzene rings is 1. The number of nitrogens with one attached hydrogen (secondary N) is 2. The van der Waals surface area contributed by atoms with Crippen molar-refractivity contribution in [2.45, 2.75) is 51.8 Å². The minimum Gasteiger partial charge on any atom is -0.388 e. The fraction of sp³-hybridized carbons (Fsp3) is 0.444. The van der Waals surface area contributed by atoms with Crippen molar-refractivity contribution in [3.63, 3.8) is 0 Å². The topological polar surface area (TPSA) is 79.2 Å². The Kier molecular flexibility index (Phi) is 5.62. The molecule has 2 rings (SSSR count). The zero-order chi connectivity index (χ0) is 17.7. The second-order valence-electron chi connectivity index (χ2n) is 7.01. The third-order valence-corrected chi connectivity index (χ3v) is 3.67. The van der Waals surface area contributed by atoms with Gasteiger partial charge in [0.2, 0.25) is 0 Å². The van der Waals surface area contributed by atoms with Gasteiger partial charge in [0.25, 0.3) is 0 Å². The Morgan fingerprint density at radius 2 is 1.96 bits per heavy atom. The maximum Gasteiger partial charge on any atom is 0.319 e. The summed E-state index contributed by atoms with van der Waals surface area (Å²) < 4.78 is 1.80. The van der Waals surface area contributed by atoms with E-state index in [0.29, 0.717) is 12.1 Å². The van der Waals surface area contributed by atoms with Crippen molar-refractivity contribution in [1.29, 1.82) is 0 Å². The average molecular weight is 330 g/mol. The van der Waals surface area contributed by atoms with Crippen LogP contribution in [0.25, 0.3) is 0 Å². The number of carbonyl (C=O) groups is 1. The molecular weight excluding hydrogens is 304 g/mol. The monoisotopic (exact) mass is 330 g/mol. The van der Waals surface area contributed by atoms with E-state index in [4.69, 9.17) is 0 Å². The summed E-state index contributed by atoms with van der Waals surface area (Å²) in [6, 6.07) is 8.95. The van der Waals surface area contributed by atoms with E-state index in [0.717, 1.165) is 5.56 Å². The third kappa shape index (κ3) is 5.09. The predicted molar refractivity (Wildman–Crippen MR) is 94.9 cm³/mol. The van der Waals surface area contributed by atoms with Crippen molar-refractivity contribution in [2.75, 3.05) is 5.32 Å². The quantitative estimate of drug-likeness (QED) is 0.787. The van der Waals surface area contributed by atoms with Crippen LogP contribution in [-0.2, 0) is 5.54 Å². The van der Waals surface area contributed by atoms with Gasteiger partial charge in [0.1, 0.15) is 0 Å². The molecule has 1 heterocycles. The molecule has 0 bridgehead atoms. The van der Waals surface area contributed by atoms with E-state index in [1.165, 1.54) is 0 Å². The molecule has 2 unspecified atom stereocenters. The van der Waals surface area contributed by atoms with Crippen LogP contribution in [0.15, 0.2) is 42.7 Å². The summed E-state index contributed by atoms with van der Waals surface area (Å²) in [6.07, 6.45) is 3.25. The van der Waals surface area contributed by atoms with Gasteiger partial charge in [-0.15, -0.1) is 0 Å². The average Bonchev–Trinajstić information content (AvgIpc) is 2.96. The number of aromatic nitrogens is 2. The fourth-order valence-corrected chi connectivity index (χ4v) is 2.35. The zero-order valence-electron chi connectivity index (χ0n) is 14.7. The first-order valence-electron chi connectivity index (χ1n) is 8.11. The highest BCUT2D eigenvalue weighted by Crippen LogP contribution is 2.18. The lowest BCUT2D eigenvalue weighted by Crippen LogP contribution is -2.37. The normalized spacial score (nSPS) is 14.0. The van der Waals surface area contributed by atoms with Crippen molar-refractivity contribution in [3.05, 3.63) is 48.3 Å². The van der Waals surface area contributed by atoms with Gasteiger partial charge in [0.15, 0.2) is 0 Å². The molecule has 0 saturated heterocycles. The Balaban J connectivity index is 1.84. The van der Waals surface area contributed by atoms with E-state index >= 15 is 0 Å². The van der Waals surface area contributed by atoms with E-state index in [1.807, 2.05) is 58.0 Å². The summed E-state index contributed by atoms with van der Waals surface area (Å²) >= 11 is 0. The molecule has 1 aromatic carbocycles. The van der Waals surface area contributed by atoms with Gasteiger partial charge in [-0.05, 0) is 39.7 Å². The molecule has 0 saturated carbocycles. The van der Waals surface area contributed by atoms with E-state index in [1.54, 1.807) is 17.1 Å². The van der Waals surface area contributed by atoms with Crippen molar-refractivity contribution < 1.29 is 9.90 Å². The van der Waals surface area contributed by atoms with Crippen LogP contribution in [0.2, 0.25) is 0 Å². The summed E-state index contributed by atoms with van der Waals surface area (Å²) in [5.41, 5.74) is 1.35. The van der Waals surface area contributed by atoms with Crippen LogP contribution in [0.3, 0.4) is 0 Å². The smallest absolute Gasteiger partial charge is 0.319 e. The summed E-state index contributed by atoms with van der Waals surface area (Å²) in [4.78, 5) is 12.1. The minimum absolute atomic E-state index is 0.135. The summed E-state index contributed by atoms with van der Waals surface area (Å²) in [6.45, 7) is 7.98. The number of hydrogen-bond donors (Lipinski definition) is 3. The molecule has 0 aliphatic carbocycles. The number of amides is 2. The summed E-state index contributed by atoms with van der Waals surface area (Å²) in [5.74, 6) is 0. The third-order valence-electron chi connectivity index (χ3n) is 3.67. The van der Waals surface area contributed by atoms with Gasteiger partial charge in [-0.3, -0.25) is 4.68 Å². The fourth-order valence-electron chi connectivity index (χ4n) is 2.35. The highest BCUT2D eigenvalue weighted by Gasteiger charge is 2.16. The van der Waals surface area contributed by atoms with E-state index in [2.05, 4.69) is 15.7 Å². The number of carbonyl (C=O) groups excluding carboxylic acids is 1. The van der Waals surface area contributed by atoms with E-state index in [-0.39, 0.29) is 17.6 Å². The first kappa shape index (κ1) is 18.0. The molecule has 0 spiro atoms. The summed E-state index contributed by atoms with van der Waals surface area (Å²) in [5, 5.41) is 20.0. The van der Waals surface area contributed by atoms with Gasteiger partial charge in [-0.1, -0.05) is 30.3 Å². The second kappa shape index (κ2) is 7.49. The highest BCUT2D eigenvalue weighted by molar-refractivity contribution is 5.89. The number of aliphatic hydroxyl groups excluding tert-OH is 1. The maximum atomic E-state index is 12.1. The number of aliphatic hydroxyl groups is 1. The molecule has 0 fully saturated rings. The summed E-state index contributed by atoms with van der Waals surface area (Å²) in [7, 11) is 0. The van der Waals surface area contributed by atoms with Crippen molar-refractivity contribution in [2.24, 2.45) is 0 Å². The van der Waals surface area contributed by atoms with Gasteiger partial charge in [0.05, 0.1) is 23.5 Å².